The summed E-state index contributed by atoms with van der Waals surface area (Å²) in [6, 6.07) is 0. The second-order valence-corrected chi connectivity index (χ2v) is 50.2. The number of Topliss-reactive ketones (excluding diaryl/α,β-unsaturated/α-hetero) is 2. The summed E-state index contributed by atoms with van der Waals surface area (Å²) >= 11 is 0. The standard InChI is InChI=1S/C11H21NO.C9H16O.C8H19NO.C8H14O.C7H17NO.C7H17N.C7H16O2.C7H14O.2C6H15N.C6H14O2.2C6H14O.C6H14.C5H12O/c1-11(2,3)9-10(13)7-6-8-12(4)5;1-9(2,3)6-8(10)7-4-5-7;1-8(2,3)10-7-6-9(4)5;1-5-7(9)6-8(2,3)4;1-7(2,3)9-6-5-8-4;1-7(2,3)6-8(4)5;1-7(2,3)9-6-5-8-4;1-6(8)5-7(2,3)4;1-6(2,3)7(4)5;1-6(2,3)5-7-4;1-6(2,3)8-5-4-7;2*1-6(2,3)5-7-4;1-5-6(2,3)4;1-5(2,3)4-6/h6-7H,8-9H2,1-5H3;7H,4-6H2,1-3H3;6-7H2,1-5H3;5H,1,6H2,2-4H3;8H,5-6H2,1-4H3;6H2,1-5H3;5-6H2,1-4H3;5H2,1-4H3;1-5H3;7H,5H2,1-4H3;7H,4-5H2,1-3H3;2*5H2,1-4H3;5H2,1-4H3;6H,4H2,1-3H3/b7-6+;;;;;;;;;;;;;;. The highest BCUT2D eigenvalue weighted by Gasteiger charge is 2.32. The molecular weight excluding hydrogens is 1550 g/mol. The van der Waals surface area contributed by atoms with E-state index in [1.54, 1.807) is 34.3 Å². The summed E-state index contributed by atoms with van der Waals surface area (Å²) in [6.45, 7) is 112. The number of likely N-dealkylation sites (N-methyl/N-ethyl adjacent to an activating group) is 3. The Balaban J connectivity index is -0.0000000875. The molecule has 1 saturated carbocycles. The molecule has 0 atom stereocenters. The molecule has 760 valence electrons. The molecule has 19 heteroatoms. The van der Waals surface area contributed by atoms with Gasteiger partial charge in [-0.05, 0) is 267 Å². The molecule has 0 aromatic heterocycles. The van der Waals surface area contributed by atoms with Crippen LogP contribution in [0.25, 0.3) is 0 Å². The van der Waals surface area contributed by atoms with E-state index in [-0.39, 0.29) is 80.0 Å². The van der Waals surface area contributed by atoms with Crippen LogP contribution in [0.3, 0.4) is 0 Å². The van der Waals surface area contributed by atoms with Crippen LogP contribution < -0.4 is 10.6 Å². The quantitative estimate of drug-likeness (QED) is 0.0523. The van der Waals surface area contributed by atoms with E-state index in [2.05, 4.69) is 296 Å². The number of aliphatic hydroxyl groups is 2. The van der Waals surface area contributed by atoms with Crippen molar-refractivity contribution in [3.63, 3.8) is 0 Å². The van der Waals surface area contributed by atoms with Crippen LogP contribution >= 0.6 is 0 Å². The zero-order valence-electron chi connectivity index (χ0n) is 95.5. The summed E-state index contributed by atoms with van der Waals surface area (Å²) in [6.07, 6.45) is 11.2. The van der Waals surface area contributed by atoms with Gasteiger partial charge in [-0.2, -0.15) is 0 Å². The van der Waals surface area contributed by atoms with Gasteiger partial charge >= 0.3 is 0 Å². The minimum Gasteiger partial charge on any atom is -0.396 e. The molecule has 4 N–H and O–H groups in total. The van der Waals surface area contributed by atoms with Crippen LogP contribution in [0.4, 0.5) is 0 Å². The average Bonchev–Trinajstić information content (AvgIpc) is 1.73. The number of nitrogens with one attached hydrogen (secondary N) is 2. The molecule has 1 fully saturated rings. The minimum atomic E-state index is -0.108. The van der Waals surface area contributed by atoms with Crippen LogP contribution in [0.15, 0.2) is 24.8 Å². The molecule has 0 radical (unpaired) electrons. The monoisotopic (exact) mass is 1790 g/mol. The second-order valence-electron chi connectivity index (χ2n) is 50.2. The van der Waals surface area contributed by atoms with Crippen molar-refractivity contribution in [1.29, 1.82) is 0 Å². The van der Waals surface area contributed by atoms with Crippen molar-refractivity contribution >= 4 is 23.1 Å². The number of rotatable bonds is 24. The van der Waals surface area contributed by atoms with E-state index in [0.717, 1.165) is 78.4 Å². The average molecular weight is 1790 g/mol. The summed E-state index contributed by atoms with van der Waals surface area (Å²) in [5.74, 6) is 1.54. The molecule has 0 saturated heterocycles. The maximum Gasteiger partial charge on any atom is 0.155 e. The Bertz CT molecular complexity index is 2310. The van der Waals surface area contributed by atoms with Gasteiger partial charge in [0.1, 0.15) is 11.6 Å². The number of ketones is 4. The summed E-state index contributed by atoms with van der Waals surface area (Å²) in [4.78, 5) is 52.3. The van der Waals surface area contributed by atoms with Crippen molar-refractivity contribution in [3.8, 4) is 0 Å². The van der Waals surface area contributed by atoms with Crippen molar-refractivity contribution < 1.29 is 62.5 Å². The fraction of sp³-hybridized carbons (Fsp3) is 0.924. The maximum absolute atomic E-state index is 11.3. The van der Waals surface area contributed by atoms with Crippen LogP contribution in [0.2, 0.25) is 0 Å². The molecule has 1 rings (SSSR count). The van der Waals surface area contributed by atoms with Crippen LogP contribution in [0.5, 0.6) is 0 Å². The van der Waals surface area contributed by atoms with Gasteiger partial charge in [-0.3, -0.25) is 14.4 Å². The zero-order valence-corrected chi connectivity index (χ0v) is 95.5. The molecule has 0 amide bonds. The zero-order chi connectivity index (χ0) is 103. The highest BCUT2D eigenvalue weighted by Crippen LogP contribution is 2.34. The van der Waals surface area contributed by atoms with Crippen molar-refractivity contribution in [2.24, 2.45) is 60.1 Å². The molecule has 0 aromatic rings. The van der Waals surface area contributed by atoms with Crippen LogP contribution in [0.1, 0.15) is 370 Å². The van der Waals surface area contributed by atoms with E-state index in [0.29, 0.717) is 83.4 Å². The van der Waals surface area contributed by atoms with E-state index < -0.39 is 0 Å². The molecule has 1 aliphatic rings. The van der Waals surface area contributed by atoms with E-state index in [9.17, 15) is 19.2 Å². The number of ether oxygens (including phenoxy) is 7. The van der Waals surface area contributed by atoms with Gasteiger partial charge in [-0.25, -0.2) is 0 Å². The fourth-order valence-corrected chi connectivity index (χ4v) is 7.51. The number of aliphatic hydroxyl groups excluding tert-OH is 2. The van der Waals surface area contributed by atoms with Crippen LogP contribution in [0, 0.1) is 60.1 Å². The molecule has 19 nitrogen and oxygen atoms in total. The number of hydrogen-bond acceptors (Lipinski definition) is 19. The first-order valence-corrected chi connectivity index (χ1v) is 46.0. The first kappa shape index (κ1) is 153. The molecule has 0 unspecified atom stereocenters. The maximum atomic E-state index is 11.3. The summed E-state index contributed by atoms with van der Waals surface area (Å²) < 4.78 is 36.0. The van der Waals surface area contributed by atoms with Crippen molar-refractivity contribution in [2.45, 2.75) is 398 Å². The van der Waals surface area contributed by atoms with Gasteiger partial charge in [0, 0.05) is 91.3 Å². The van der Waals surface area contributed by atoms with Crippen LogP contribution in [-0.4, -0.2) is 265 Å². The predicted molar refractivity (Wildman–Crippen MR) is 551 cm³/mol. The number of nitrogens with zero attached hydrogens (tertiary/aromatic N) is 4. The lowest BCUT2D eigenvalue weighted by atomic mass is 9.89. The summed E-state index contributed by atoms with van der Waals surface area (Å²) in [5, 5.41) is 22.8. The molecule has 124 heavy (non-hydrogen) atoms. The van der Waals surface area contributed by atoms with Crippen LogP contribution in [-0.2, 0) is 52.3 Å². The molecular formula is C105H232N6O13. The first-order chi connectivity index (χ1) is 54.4. The topological polar surface area (TPSA) is 210 Å². The molecule has 0 spiro atoms. The molecule has 0 aromatic carbocycles. The van der Waals surface area contributed by atoms with E-state index >= 15 is 0 Å². The number of methoxy groups -OCH3 is 3. The van der Waals surface area contributed by atoms with Gasteiger partial charge in [0.25, 0.3) is 0 Å². The smallest absolute Gasteiger partial charge is 0.155 e. The second kappa shape index (κ2) is 79.1. The van der Waals surface area contributed by atoms with Crippen molar-refractivity contribution in [2.75, 3.05) is 184 Å². The Morgan fingerprint density at radius 2 is 0.718 bits per heavy atom. The Labute approximate surface area is 779 Å². The third-order valence-electron chi connectivity index (χ3n) is 13.9. The Morgan fingerprint density at radius 3 is 0.871 bits per heavy atom. The van der Waals surface area contributed by atoms with Gasteiger partial charge in [0.05, 0.1) is 75.3 Å². The summed E-state index contributed by atoms with van der Waals surface area (Å²) in [7, 11) is 25.5. The number of carbonyl (C=O) groups is 4. The lowest BCUT2D eigenvalue weighted by molar-refractivity contribution is -0.122. The Morgan fingerprint density at radius 1 is 0.395 bits per heavy atom. The summed E-state index contributed by atoms with van der Waals surface area (Å²) in [5.41, 5.74) is 2.96. The van der Waals surface area contributed by atoms with Crippen molar-refractivity contribution in [1.82, 2.24) is 30.2 Å². The third-order valence-corrected chi connectivity index (χ3v) is 13.9. The number of hydrogen-bond donors (Lipinski definition) is 4. The fourth-order valence-electron chi connectivity index (χ4n) is 7.51. The largest absolute Gasteiger partial charge is 0.396 e. The Hall–Kier alpha value is -2.44. The third kappa shape index (κ3) is 230. The highest BCUT2D eigenvalue weighted by molar-refractivity contribution is 5.90. The number of allylic oxidation sites excluding steroid dienone is 2. The van der Waals surface area contributed by atoms with E-state index in [1.165, 1.54) is 12.5 Å². The predicted octanol–water partition coefficient (Wildman–Crippen LogP) is 24.3. The van der Waals surface area contributed by atoms with Gasteiger partial charge in [-0.15, -0.1) is 0 Å². The normalized spacial score (nSPS) is 12.7. The SMILES string of the molecule is C=CC(=O)CC(C)(C)C.CC(=O)CC(C)(C)C.CC(C)(C)CC(=O)C1CC1.CC(C)(C)CO.CC(C)(C)OCCO.CCC(C)(C)C.CN(C)C(C)(C)C.CN(C)C/C=C/C(=O)CC(C)(C)C.CN(C)CC(C)(C)C.CN(C)CCOC(C)(C)C.CNCC(C)(C)C.CNCCOC(C)(C)C.COCC(C)(C)C.COCC(C)(C)C.COCCOC(C)(C)C. The van der Waals surface area contributed by atoms with Gasteiger partial charge in [0.2, 0.25) is 0 Å². The molecule has 1 aliphatic carbocycles. The van der Waals surface area contributed by atoms with E-state index in [1.807, 2.05) is 136 Å². The molecule has 0 aliphatic heterocycles. The lowest BCUT2D eigenvalue weighted by Crippen LogP contribution is -2.34. The first-order valence-electron chi connectivity index (χ1n) is 46.0. The van der Waals surface area contributed by atoms with Gasteiger partial charge < -0.3 is 78.4 Å². The lowest BCUT2D eigenvalue weighted by Gasteiger charge is -2.27. The highest BCUT2D eigenvalue weighted by atomic mass is 16.5. The Kier molecular flexibility index (Phi) is 97.5. The van der Waals surface area contributed by atoms with Crippen molar-refractivity contribution in [3.05, 3.63) is 24.8 Å². The molecule has 0 bridgehead atoms. The van der Waals surface area contributed by atoms with Gasteiger partial charge in [-0.1, -0.05) is 234 Å². The minimum absolute atomic E-state index is 0.00993. The van der Waals surface area contributed by atoms with Gasteiger partial charge in [0.15, 0.2) is 11.6 Å². The molecule has 0 heterocycles. The van der Waals surface area contributed by atoms with E-state index in [4.69, 9.17) is 43.4 Å². The number of carbonyl (C=O) groups excluding carboxylic acids is 4.